The van der Waals surface area contributed by atoms with Crippen LogP contribution in [0.4, 0.5) is 10.1 Å². The van der Waals surface area contributed by atoms with Crippen molar-refractivity contribution in [2.45, 2.75) is 0 Å². The van der Waals surface area contributed by atoms with E-state index in [0.717, 1.165) is 15.2 Å². The number of carbonyl (C=O) groups excluding carboxylic acids is 1. The Balaban J connectivity index is 1.61. The zero-order valence-corrected chi connectivity index (χ0v) is 18.2. The number of anilines is 1. The van der Waals surface area contributed by atoms with E-state index in [0.29, 0.717) is 11.3 Å². The van der Waals surface area contributed by atoms with E-state index in [-0.39, 0.29) is 17.3 Å². The van der Waals surface area contributed by atoms with Crippen molar-refractivity contribution in [2.75, 3.05) is 19.4 Å². The number of carbonyl (C=O) groups is 1. The summed E-state index contributed by atoms with van der Waals surface area (Å²) in [6, 6.07) is 15.6. The molecule has 0 radical (unpaired) electrons. The standard InChI is InChI=1S/C21H17BrFN7O/c1-29(2)19(24)14-5-8-18(17(23)11-14)25-21(31)20-26-27-28-30(20)16-7-4-12-9-15(22)6-3-13(12)10-16/h3-11,24H,1-2H3,(H,25,31). The van der Waals surface area contributed by atoms with Crippen molar-refractivity contribution >= 4 is 44.1 Å². The van der Waals surface area contributed by atoms with Gasteiger partial charge in [-0.25, -0.2) is 4.39 Å². The van der Waals surface area contributed by atoms with Crippen LogP contribution in [0.1, 0.15) is 16.2 Å². The van der Waals surface area contributed by atoms with E-state index < -0.39 is 11.7 Å². The van der Waals surface area contributed by atoms with Crippen molar-refractivity contribution < 1.29 is 9.18 Å². The van der Waals surface area contributed by atoms with Crippen LogP contribution >= 0.6 is 15.9 Å². The molecule has 4 aromatic rings. The number of halogens is 2. The van der Waals surface area contributed by atoms with Gasteiger partial charge in [0.25, 0.3) is 5.91 Å². The summed E-state index contributed by atoms with van der Waals surface area (Å²) in [5.74, 6) is -1.24. The molecule has 0 saturated carbocycles. The lowest BCUT2D eigenvalue weighted by atomic mass is 10.1. The molecule has 0 spiro atoms. The molecule has 0 fully saturated rings. The van der Waals surface area contributed by atoms with Gasteiger partial charge in [0, 0.05) is 24.1 Å². The highest BCUT2D eigenvalue weighted by Gasteiger charge is 2.19. The van der Waals surface area contributed by atoms with Crippen LogP contribution in [0.5, 0.6) is 0 Å². The third-order valence-electron chi connectivity index (χ3n) is 4.64. The lowest BCUT2D eigenvalue weighted by molar-refractivity contribution is 0.101. The smallest absolute Gasteiger partial charge is 0.295 e. The van der Waals surface area contributed by atoms with Gasteiger partial charge in [-0.05, 0) is 63.7 Å². The summed E-state index contributed by atoms with van der Waals surface area (Å²) in [7, 11) is 3.39. The molecule has 1 heterocycles. The highest BCUT2D eigenvalue weighted by atomic mass is 79.9. The second-order valence-electron chi connectivity index (χ2n) is 6.98. The summed E-state index contributed by atoms with van der Waals surface area (Å²) < 4.78 is 16.8. The number of fused-ring (bicyclic) bond motifs is 1. The molecule has 0 aliphatic rings. The normalized spacial score (nSPS) is 10.8. The summed E-state index contributed by atoms with van der Waals surface area (Å²) in [6.45, 7) is 0. The quantitative estimate of drug-likeness (QED) is 0.340. The van der Waals surface area contributed by atoms with E-state index in [4.69, 9.17) is 5.41 Å². The molecule has 3 aromatic carbocycles. The minimum atomic E-state index is -0.659. The van der Waals surface area contributed by atoms with Crippen molar-refractivity contribution in [2.24, 2.45) is 0 Å². The summed E-state index contributed by atoms with van der Waals surface area (Å²) in [5, 5.41) is 23.7. The zero-order chi connectivity index (χ0) is 22.1. The predicted molar refractivity (Wildman–Crippen MR) is 119 cm³/mol. The molecule has 0 aliphatic carbocycles. The Morgan fingerprint density at radius 1 is 1.10 bits per heavy atom. The van der Waals surface area contributed by atoms with Crippen LogP contribution in [-0.2, 0) is 0 Å². The SMILES string of the molecule is CN(C)C(=N)c1ccc(NC(=O)c2nnnn2-c2ccc3cc(Br)ccc3c2)c(F)c1. The average Bonchev–Trinajstić information content (AvgIpc) is 3.24. The first-order valence-corrected chi connectivity index (χ1v) is 9.98. The maximum absolute atomic E-state index is 14.5. The Kier molecular flexibility index (Phi) is 5.47. The molecule has 0 unspecified atom stereocenters. The molecule has 2 N–H and O–H groups in total. The topological polar surface area (TPSA) is 99.8 Å². The number of rotatable bonds is 4. The van der Waals surface area contributed by atoms with E-state index in [9.17, 15) is 9.18 Å². The van der Waals surface area contributed by atoms with Gasteiger partial charge in [0.1, 0.15) is 11.7 Å². The Morgan fingerprint density at radius 3 is 2.58 bits per heavy atom. The lowest BCUT2D eigenvalue weighted by Crippen LogP contribution is -2.22. The van der Waals surface area contributed by atoms with Gasteiger partial charge in [-0.3, -0.25) is 10.2 Å². The lowest BCUT2D eigenvalue weighted by Gasteiger charge is -2.14. The van der Waals surface area contributed by atoms with Crippen LogP contribution in [0.2, 0.25) is 0 Å². The maximum atomic E-state index is 14.5. The molecule has 10 heteroatoms. The number of nitrogens with zero attached hydrogens (tertiary/aromatic N) is 5. The third-order valence-corrected chi connectivity index (χ3v) is 5.13. The fraction of sp³-hybridized carbons (Fsp3) is 0.0952. The van der Waals surface area contributed by atoms with Gasteiger partial charge in [0.05, 0.1) is 11.4 Å². The average molecular weight is 482 g/mol. The van der Waals surface area contributed by atoms with Crippen molar-refractivity contribution in [3.05, 3.63) is 76.3 Å². The Labute approximate surface area is 185 Å². The molecule has 1 amide bonds. The number of benzene rings is 3. The Morgan fingerprint density at radius 2 is 1.84 bits per heavy atom. The van der Waals surface area contributed by atoms with Crippen LogP contribution in [0.25, 0.3) is 16.5 Å². The van der Waals surface area contributed by atoms with Gasteiger partial charge in [0.15, 0.2) is 0 Å². The van der Waals surface area contributed by atoms with Crippen LogP contribution < -0.4 is 5.32 Å². The van der Waals surface area contributed by atoms with Crippen molar-refractivity contribution in [3.63, 3.8) is 0 Å². The summed E-state index contributed by atoms with van der Waals surface area (Å²) in [6.07, 6.45) is 0. The molecule has 0 atom stereocenters. The Hall–Kier alpha value is -3.66. The van der Waals surface area contributed by atoms with Crippen molar-refractivity contribution in [1.29, 1.82) is 5.41 Å². The van der Waals surface area contributed by atoms with E-state index in [2.05, 4.69) is 36.8 Å². The first-order valence-electron chi connectivity index (χ1n) is 9.19. The minimum absolute atomic E-state index is 0.0294. The van der Waals surface area contributed by atoms with Crippen LogP contribution in [0.15, 0.2) is 59.1 Å². The van der Waals surface area contributed by atoms with Gasteiger partial charge in [-0.2, -0.15) is 4.68 Å². The first-order chi connectivity index (χ1) is 14.8. The monoisotopic (exact) mass is 481 g/mol. The molecule has 0 saturated heterocycles. The number of hydrogen-bond acceptors (Lipinski definition) is 5. The molecule has 1 aromatic heterocycles. The largest absolute Gasteiger partial charge is 0.363 e. The number of amidine groups is 1. The number of tetrazole rings is 1. The number of aromatic nitrogens is 4. The van der Waals surface area contributed by atoms with Crippen molar-refractivity contribution in [1.82, 2.24) is 25.1 Å². The molecule has 0 bridgehead atoms. The molecular weight excluding hydrogens is 465 g/mol. The van der Waals surface area contributed by atoms with E-state index >= 15 is 0 Å². The predicted octanol–water partition coefficient (Wildman–Crippen LogP) is 3.86. The van der Waals surface area contributed by atoms with Crippen LogP contribution in [0.3, 0.4) is 0 Å². The van der Waals surface area contributed by atoms with Crippen molar-refractivity contribution in [3.8, 4) is 5.69 Å². The van der Waals surface area contributed by atoms with E-state index in [1.54, 1.807) is 31.1 Å². The summed E-state index contributed by atoms with van der Waals surface area (Å²) in [5.41, 5.74) is 0.964. The van der Waals surface area contributed by atoms with Gasteiger partial charge >= 0.3 is 0 Å². The number of nitrogens with one attached hydrogen (secondary N) is 2. The number of amides is 1. The second kappa shape index (κ2) is 8.23. The maximum Gasteiger partial charge on any atom is 0.295 e. The van der Waals surface area contributed by atoms with E-state index in [1.165, 1.54) is 16.8 Å². The van der Waals surface area contributed by atoms with Gasteiger partial charge < -0.3 is 10.2 Å². The minimum Gasteiger partial charge on any atom is -0.363 e. The number of hydrogen-bond donors (Lipinski definition) is 2. The van der Waals surface area contributed by atoms with Crippen LogP contribution in [-0.4, -0.2) is 50.9 Å². The summed E-state index contributed by atoms with van der Waals surface area (Å²) in [4.78, 5) is 14.3. The highest BCUT2D eigenvalue weighted by molar-refractivity contribution is 9.10. The van der Waals surface area contributed by atoms with Gasteiger partial charge in [0.2, 0.25) is 5.82 Å². The molecular formula is C21H17BrFN7O. The van der Waals surface area contributed by atoms with E-state index in [1.807, 2.05) is 30.3 Å². The highest BCUT2D eigenvalue weighted by Crippen LogP contribution is 2.23. The molecule has 0 aliphatic heterocycles. The van der Waals surface area contributed by atoms with Crippen LogP contribution in [0, 0.1) is 11.2 Å². The molecule has 156 valence electrons. The van der Waals surface area contributed by atoms with Gasteiger partial charge in [-0.15, -0.1) is 5.10 Å². The fourth-order valence-corrected chi connectivity index (χ4v) is 3.42. The first kappa shape index (κ1) is 20.6. The second-order valence-corrected chi connectivity index (χ2v) is 7.90. The summed E-state index contributed by atoms with van der Waals surface area (Å²) >= 11 is 3.44. The molecule has 4 rings (SSSR count). The Bertz CT molecular complexity index is 1320. The molecule has 31 heavy (non-hydrogen) atoms. The molecule has 8 nitrogen and oxygen atoms in total. The fourth-order valence-electron chi connectivity index (χ4n) is 3.04. The van der Waals surface area contributed by atoms with Gasteiger partial charge in [-0.1, -0.05) is 28.1 Å². The third kappa shape index (κ3) is 4.15. The zero-order valence-electron chi connectivity index (χ0n) is 16.6.